The summed E-state index contributed by atoms with van der Waals surface area (Å²) in [6, 6.07) is 48.0. The Labute approximate surface area is 228 Å². The highest BCUT2D eigenvalue weighted by Gasteiger charge is 2.14. The summed E-state index contributed by atoms with van der Waals surface area (Å²) in [4.78, 5) is 2.57. The summed E-state index contributed by atoms with van der Waals surface area (Å²) >= 11 is 5.53. The van der Waals surface area contributed by atoms with Crippen molar-refractivity contribution in [1.82, 2.24) is 4.57 Å². The van der Waals surface area contributed by atoms with Gasteiger partial charge in [0.2, 0.25) is 0 Å². The van der Waals surface area contributed by atoms with E-state index < -0.39 is 0 Å². The van der Waals surface area contributed by atoms with E-state index in [4.69, 9.17) is 0 Å². The molecule has 0 aliphatic rings. The molecule has 37 heavy (non-hydrogen) atoms. The molecule has 3 heteroatoms. The van der Waals surface area contributed by atoms with Crippen LogP contribution in [0.4, 0.5) is 0 Å². The van der Waals surface area contributed by atoms with Crippen molar-refractivity contribution in [3.8, 4) is 37.7 Å². The Balaban J connectivity index is 1.33. The summed E-state index contributed by atoms with van der Waals surface area (Å²) in [7, 11) is 0. The molecule has 0 saturated carbocycles. The lowest BCUT2D eigenvalue weighted by atomic mass is 10.0. The summed E-state index contributed by atoms with van der Waals surface area (Å²) in [6.07, 6.45) is 0. The van der Waals surface area contributed by atoms with Gasteiger partial charge in [-0.05, 0) is 76.9 Å². The molecule has 0 unspecified atom stereocenters. The molecule has 0 spiro atoms. The van der Waals surface area contributed by atoms with Crippen molar-refractivity contribution in [1.29, 1.82) is 0 Å². The Morgan fingerprint density at radius 3 is 1.68 bits per heavy atom. The van der Waals surface area contributed by atoms with Gasteiger partial charge in [0.05, 0.1) is 11.0 Å². The maximum atomic E-state index is 3.69. The normalized spacial score (nSPS) is 11.4. The second-order valence-corrected chi connectivity index (χ2v) is 11.2. The molecule has 0 bridgehead atoms. The largest absolute Gasteiger partial charge is 0.309 e. The number of rotatable bonds is 4. The predicted molar refractivity (Wildman–Crippen MR) is 163 cm³/mol. The van der Waals surface area contributed by atoms with Crippen LogP contribution in [-0.2, 0) is 0 Å². The van der Waals surface area contributed by atoms with Gasteiger partial charge in [0.25, 0.3) is 0 Å². The van der Waals surface area contributed by atoms with Crippen LogP contribution < -0.4 is 0 Å². The maximum absolute atomic E-state index is 3.69. The first-order chi connectivity index (χ1) is 18.2. The lowest BCUT2D eigenvalue weighted by Gasteiger charge is -2.09. The summed E-state index contributed by atoms with van der Waals surface area (Å²) in [5.41, 5.74) is 8.55. The molecule has 0 amide bonds. The van der Waals surface area contributed by atoms with Gasteiger partial charge < -0.3 is 4.57 Å². The number of thiophene rings is 1. The smallest absolute Gasteiger partial charge is 0.0541 e. The standard InChI is InChI=1S/C34H22BrNS/c35-27-14-18-32-30(22-27)29-21-26(23-7-3-1-4-8-23)13-17-31(29)36(32)28-15-11-25(12-16-28)34-20-19-33(37-34)24-9-5-2-6-10-24/h1-22H. The van der Waals surface area contributed by atoms with Gasteiger partial charge >= 0.3 is 0 Å². The van der Waals surface area contributed by atoms with Gasteiger partial charge in [-0.3, -0.25) is 0 Å². The number of hydrogen-bond acceptors (Lipinski definition) is 1. The Kier molecular flexibility index (Phi) is 5.53. The van der Waals surface area contributed by atoms with Gasteiger partial charge in [0.1, 0.15) is 0 Å². The molecule has 1 nitrogen and oxygen atoms in total. The predicted octanol–water partition coefficient (Wildman–Crippen LogP) is 10.6. The number of aromatic nitrogens is 1. The van der Waals surface area contributed by atoms with Gasteiger partial charge in [-0.2, -0.15) is 0 Å². The molecule has 0 atom stereocenters. The zero-order chi connectivity index (χ0) is 24.8. The molecule has 0 aliphatic carbocycles. The van der Waals surface area contributed by atoms with Crippen LogP contribution in [0.2, 0.25) is 0 Å². The molecule has 176 valence electrons. The van der Waals surface area contributed by atoms with Crippen molar-refractivity contribution >= 4 is 49.1 Å². The topological polar surface area (TPSA) is 4.93 Å². The second kappa shape index (κ2) is 9.19. The molecule has 7 aromatic rings. The summed E-state index contributed by atoms with van der Waals surface area (Å²) in [6.45, 7) is 0. The van der Waals surface area contributed by atoms with Crippen molar-refractivity contribution in [3.63, 3.8) is 0 Å². The van der Waals surface area contributed by atoms with Crippen molar-refractivity contribution in [2.45, 2.75) is 0 Å². The minimum Gasteiger partial charge on any atom is -0.309 e. The van der Waals surface area contributed by atoms with Gasteiger partial charge in [0, 0.05) is 30.7 Å². The fourth-order valence-corrected chi connectivity index (χ4v) is 6.49. The molecule has 0 N–H and O–H groups in total. The minimum atomic E-state index is 1.09. The fraction of sp³-hybridized carbons (Fsp3) is 0. The molecule has 5 aromatic carbocycles. The van der Waals surface area contributed by atoms with Crippen molar-refractivity contribution in [2.24, 2.45) is 0 Å². The van der Waals surface area contributed by atoms with Crippen LogP contribution in [0.25, 0.3) is 59.5 Å². The molecule has 0 saturated heterocycles. The summed E-state index contributed by atoms with van der Waals surface area (Å²) < 4.78 is 3.46. The monoisotopic (exact) mass is 555 g/mol. The number of fused-ring (bicyclic) bond motifs is 3. The molecule has 7 rings (SSSR count). The molecular formula is C34H22BrNS. The molecule has 2 aromatic heterocycles. The summed E-state index contributed by atoms with van der Waals surface area (Å²) in [5.74, 6) is 0. The second-order valence-electron chi connectivity index (χ2n) is 9.17. The number of benzene rings is 5. The van der Waals surface area contributed by atoms with Crippen molar-refractivity contribution < 1.29 is 0 Å². The fourth-order valence-electron chi connectivity index (χ4n) is 5.11. The highest BCUT2D eigenvalue weighted by molar-refractivity contribution is 9.10. The van der Waals surface area contributed by atoms with Crippen LogP contribution in [0, 0.1) is 0 Å². The Bertz CT molecular complexity index is 1860. The van der Waals surface area contributed by atoms with E-state index in [1.54, 1.807) is 0 Å². The third-order valence-corrected chi connectivity index (χ3v) is 8.59. The maximum Gasteiger partial charge on any atom is 0.0541 e. The summed E-state index contributed by atoms with van der Waals surface area (Å²) in [5, 5.41) is 2.50. The first-order valence-corrected chi connectivity index (χ1v) is 13.9. The third kappa shape index (κ3) is 4.01. The van der Waals surface area contributed by atoms with E-state index >= 15 is 0 Å². The number of nitrogens with zero attached hydrogens (tertiary/aromatic N) is 1. The van der Waals surface area contributed by atoms with Gasteiger partial charge in [-0.25, -0.2) is 0 Å². The zero-order valence-electron chi connectivity index (χ0n) is 19.9. The number of hydrogen-bond donors (Lipinski definition) is 0. The SMILES string of the molecule is Brc1ccc2c(c1)c1cc(-c3ccccc3)ccc1n2-c1ccc(-c2ccc(-c3ccccc3)s2)cc1. The van der Waals surface area contributed by atoms with E-state index in [0.29, 0.717) is 0 Å². The highest BCUT2D eigenvalue weighted by atomic mass is 79.9. The van der Waals surface area contributed by atoms with E-state index in [2.05, 4.69) is 154 Å². The van der Waals surface area contributed by atoms with E-state index in [-0.39, 0.29) is 0 Å². The molecular weight excluding hydrogens is 534 g/mol. The minimum absolute atomic E-state index is 1.09. The average molecular weight is 557 g/mol. The van der Waals surface area contributed by atoms with Crippen LogP contribution in [-0.4, -0.2) is 4.57 Å². The lowest BCUT2D eigenvalue weighted by Crippen LogP contribution is -1.93. The van der Waals surface area contributed by atoms with E-state index in [1.807, 2.05) is 11.3 Å². The van der Waals surface area contributed by atoms with Gasteiger partial charge in [-0.1, -0.05) is 94.8 Å². The van der Waals surface area contributed by atoms with E-state index in [0.717, 1.165) is 4.47 Å². The quantitative estimate of drug-likeness (QED) is 0.203. The van der Waals surface area contributed by atoms with Crippen LogP contribution in [0.1, 0.15) is 0 Å². The molecule has 0 aliphatic heterocycles. The van der Waals surface area contributed by atoms with Crippen molar-refractivity contribution in [2.75, 3.05) is 0 Å². The van der Waals surface area contributed by atoms with Crippen molar-refractivity contribution in [3.05, 3.63) is 138 Å². The first kappa shape index (κ1) is 22.3. The van der Waals surface area contributed by atoms with Crippen LogP contribution in [0.3, 0.4) is 0 Å². The molecule has 0 fully saturated rings. The zero-order valence-corrected chi connectivity index (χ0v) is 22.3. The molecule has 0 radical (unpaired) electrons. The lowest BCUT2D eigenvalue weighted by molar-refractivity contribution is 1.18. The highest BCUT2D eigenvalue weighted by Crippen LogP contribution is 2.38. The van der Waals surface area contributed by atoms with Gasteiger partial charge in [-0.15, -0.1) is 11.3 Å². The van der Waals surface area contributed by atoms with Crippen LogP contribution >= 0.6 is 27.3 Å². The third-order valence-electron chi connectivity index (χ3n) is 6.91. The van der Waals surface area contributed by atoms with E-state index in [1.165, 1.54) is 59.5 Å². The molecule has 2 heterocycles. The van der Waals surface area contributed by atoms with E-state index in [9.17, 15) is 0 Å². The Morgan fingerprint density at radius 2 is 1.00 bits per heavy atom. The first-order valence-electron chi connectivity index (χ1n) is 12.3. The Hall–Kier alpha value is -3.92. The van der Waals surface area contributed by atoms with Crippen LogP contribution in [0.5, 0.6) is 0 Å². The average Bonchev–Trinajstić information content (AvgIpc) is 3.57. The number of halogens is 1. The Morgan fingerprint density at radius 1 is 0.459 bits per heavy atom. The van der Waals surface area contributed by atoms with Gasteiger partial charge in [0.15, 0.2) is 0 Å². The van der Waals surface area contributed by atoms with Crippen LogP contribution in [0.15, 0.2) is 138 Å².